The van der Waals surface area contributed by atoms with Crippen LogP contribution in [0.25, 0.3) is 55.5 Å². The summed E-state index contributed by atoms with van der Waals surface area (Å²) in [5.41, 5.74) is 6.49. The minimum atomic E-state index is 0.666. The summed E-state index contributed by atoms with van der Waals surface area (Å²) < 4.78 is 4.52. The van der Waals surface area contributed by atoms with E-state index in [0.717, 1.165) is 22.5 Å². The fourth-order valence-corrected chi connectivity index (χ4v) is 4.84. The monoisotopic (exact) mass is 437 g/mol. The molecule has 5 heteroatoms. The standard InChI is InChI=1S/C29H19N5/c1-2-8-22(9-3-1)34-25-11-5-4-10-24(25)27-26(34)13-12-20-14-16-33(28(20)27)23-18-31-29(32-19-23)21-7-6-15-30-17-21/h1-19H. The van der Waals surface area contributed by atoms with Crippen LogP contribution in [0.5, 0.6) is 0 Å². The van der Waals surface area contributed by atoms with Gasteiger partial charge < -0.3 is 9.13 Å². The van der Waals surface area contributed by atoms with E-state index in [2.05, 4.69) is 103 Å². The van der Waals surface area contributed by atoms with Crippen molar-refractivity contribution in [2.45, 2.75) is 0 Å². The van der Waals surface area contributed by atoms with Crippen molar-refractivity contribution >= 4 is 32.7 Å². The van der Waals surface area contributed by atoms with Crippen molar-refractivity contribution in [3.63, 3.8) is 0 Å². The lowest BCUT2D eigenvalue weighted by molar-refractivity contribution is 1.05. The second kappa shape index (κ2) is 7.39. The predicted molar refractivity (Wildman–Crippen MR) is 136 cm³/mol. The normalized spacial score (nSPS) is 11.5. The van der Waals surface area contributed by atoms with Gasteiger partial charge in [0, 0.05) is 46.0 Å². The van der Waals surface area contributed by atoms with E-state index < -0.39 is 0 Å². The molecule has 0 aliphatic rings. The number of fused-ring (bicyclic) bond motifs is 5. The zero-order valence-electron chi connectivity index (χ0n) is 18.2. The average molecular weight is 438 g/mol. The zero-order valence-corrected chi connectivity index (χ0v) is 18.2. The highest BCUT2D eigenvalue weighted by Crippen LogP contribution is 2.37. The van der Waals surface area contributed by atoms with Crippen molar-refractivity contribution in [1.29, 1.82) is 0 Å². The molecule has 0 unspecified atom stereocenters. The Hall–Kier alpha value is -4.77. The van der Waals surface area contributed by atoms with E-state index in [1.54, 1.807) is 12.4 Å². The molecule has 0 radical (unpaired) electrons. The first-order valence-corrected chi connectivity index (χ1v) is 11.2. The third-order valence-corrected chi connectivity index (χ3v) is 6.34. The lowest BCUT2D eigenvalue weighted by atomic mass is 10.1. The summed E-state index contributed by atoms with van der Waals surface area (Å²) in [7, 11) is 0. The smallest absolute Gasteiger partial charge is 0.160 e. The molecule has 0 fully saturated rings. The van der Waals surface area contributed by atoms with Crippen molar-refractivity contribution < 1.29 is 0 Å². The molecule has 0 aliphatic carbocycles. The molecule has 0 bridgehead atoms. The number of rotatable bonds is 3. The van der Waals surface area contributed by atoms with Crippen molar-refractivity contribution in [3.05, 3.63) is 116 Å². The van der Waals surface area contributed by atoms with Crippen LogP contribution in [0.1, 0.15) is 0 Å². The zero-order chi connectivity index (χ0) is 22.5. The quantitative estimate of drug-likeness (QED) is 0.314. The van der Waals surface area contributed by atoms with Gasteiger partial charge in [0.2, 0.25) is 0 Å². The van der Waals surface area contributed by atoms with Gasteiger partial charge in [0.1, 0.15) is 0 Å². The van der Waals surface area contributed by atoms with Crippen LogP contribution in [0.4, 0.5) is 0 Å². The first-order chi connectivity index (χ1) is 16.9. The van der Waals surface area contributed by atoms with E-state index in [-0.39, 0.29) is 0 Å². The summed E-state index contributed by atoms with van der Waals surface area (Å²) in [5.74, 6) is 0.666. The number of nitrogens with zero attached hydrogens (tertiary/aromatic N) is 5. The van der Waals surface area contributed by atoms with Crippen LogP contribution in [0.15, 0.2) is 116 Å². The molecule has 160 valence electrons. The molecule has 7 rings (SSSR count). The van der Waals surface area contributed by atoms with E-state index in [9.17, 15) is 0 Å². The highest BCUT2D eigenvalue weighted by molar-refractivity contribution is 6.20. The number of pyridine rings is 1. The van der Waals surface area contributed by atoms with Gasteiger partial charge in [-0.1, -0.05) is 42.5 Å². The van der Waals surface area contributed by atoms with Crippen LogP contribution in [0, 0.1) is 0 Å². The minimum absolute atomic E-state index is 0.666. The van der Waals surface area contributed by atoms with Gasteiger partial charge in [-0.05, 0) is 42.5 Å². The number of aromatic nitrogens is 5. The molecule has 3 aromatic carbocycles. The summed E-state index contributed by atoms with van der Waals surface area (Å²) >= 11 is 0. The van der Waals surface area contributed by atoms with Crippen LogP contribution in [-0.2, 0) is 0 Å². The second-order valence-corrected chi connectivity index (χ2v) is 8.28. The van der Waals surface area contributed by atoms with Crippen molar-refractivity contribution in [1.82, 2.24) is 24.1 Å². The summed E-state index contributed by atoms with van der Waals surface area (Å²) in [4.78, 5) is 13.4. The van der Waals surface area contributed by atoms with E-state index in [0.29, 0.717) is 5.82 Å². The largest absolute Gasteiger partial charge is 0.313 e. The third-order valence-electron chi connectivity index (χ3n) is 6.34. The SMILES string of the molecule is c1ccc(-n2c3ccccc3c3c4c(ccc32)ccn4-c2cnc(-c3cccnc3)nc2)cc1. The molecule has 4 heterocycles. The second-order valence-electron chi connectivity index (χ2n) is 8.28. The van der Waals surface area contributed by atoms with Gasteiger partial charge in [-0.2, -0.15) is 0 Å². The topological polar surface area (TPSA) is 48.5 Å². The molecule has 0 amide bonds. The molecule has 0 atom stereocenters. The fraction of sp³-hybridized carbons (Fsp3) is 0. The Labute approximate surface area is 195 Å². The number of para-hydroxylation sites is 2. The van der Waals surface area contributed by atoms with E-state index in [1.807, 2.05) is 24.5 Å². The number of benzene rings is 3. The summed E-state index contributed by atoms with van der Waals surface area (Å²) in [5, 5.41) is 3.62. The Morgan fingerprint density at radius 3 is 2.26 bits per heavy atom. The van der Waals surface area contributed by atoms with Gasteiger partial charge in [-0.15, -0.1) is 0 Å². The van der Waals surface area contributed by atoms with Gasteiger partial charge in [-0.3, -0.25) is 4.98 Å². The summed E-state index contributed by atoms with van der Waals surface area (Å²) in [6.07, 6.45) is 9.39. The Bertz CT molecular complexity index is 1780. The van der Waals surface area contributed by atoms with Gasteiger partial charge in [0.05, 0.1) is 34.6 Å². The summed E-state index contributed by atoms with van der Waals surface area (Å²) in [6.45, 7) is 0. The fourth-order valence-electron chi connectivity index (χ4n) is 4.84. The maximum atomic E-state index is 4.63. The molecule has 0 N–H and O–H groups in total. The first-order valence-electron chi connectivity index (χ1n) is 11.2. The Balaban J connectivity index is 1.50. The van der Waals surface area contributed by atoms with Crippen molar-refractivity contribution in [2.75, 3.05) is 0 Å². The lowest BCUT2D eigenvalue weighted by Crippen LogP contribution is -1.97. The van der Waals surface area contributed by atoms with Gasteiger partial charge in [0.25, 0.3) is 0 Å². The molecule has 0 spiro atoms. The maximum absolute atomic E-state index is 4.63. The Morgan fingerprint density at radius 2 is 1.44 bits per heavy atom. The minimum Gasteiger partial charge on any atom is -0.313 e. The molecule has 7 aromatic rings. The lowest BCUT2D eigenvalue weighted by Gasteiger charge is -2.09. The molecule has 5 nitrogen and oxygen atoms in total. The molecule has 34 heavy (non-hydrogen) atoms. The number of hydrogen-bond donors (Lipinski definition) is 0. The Kier molecular flexibility index (Phi) is 4.08. The van der Waals surface area contributed by atoms with Crippen molar-refractivity contribution in [3.8, 4) is 22.8 Å². The molecule has 4 aromatic heterocycles. The maximum Gasteiger partial charge on any atom is 0.160 e. The van der Waals surface area contributed by atoms with Crippen LogP contribution >= 0.6 is 0 Å². The molecule has 0 saturated carbocycles. The van der Waals surface area contributed by atoms with E-state index >= 15 is 0 Å². The van der Waals surface area contributed by atoms with Gasteiger partial charge >= 0.3 is 0 Å². The first kappa shape index (κ1) is 18.8. The van der Waals surface area contributed by atoms with Crippen LogP contribution in [-0.4, -0.2) is 24.1 Å². The molecular formula is C29H19N5. The van der Waals surface area contributed by atoms with Gasteiger partial charge in [-0.25, -0.2) is 9.97 Å². The number of hydrogen-bond acceptors (Lipinski definition) is 3. The van der Waals surface area contributed by atoms with Crippen LogP contribution in [0.2, 0.25) is 0 Å². The van der Waals surface area contributed by atoms with Crippen LogP contribution in [0.3, 0.4) is 0 Å². The predicted octanol–water partition coefficient (Wildman–Crippen LogP) is 6.58. The molecular weight excluding hydrogens is 418 g/mol. The highest BCUT2D eigenvalue weighted by Gasteiger charge is 2.17. The summed E-state index contributed by atoms with van der Waals surface area (Å²) in [6, 6.07) is 29.5. The molecule has 0 saturated heterocycles. The average Bonchev–Trinajstić information content (AvgIpc) is 3.49. The van der Waals surface area contributed by atoms with Crippen LogP contribution < -0.4 is 0 Å². The van der Waals surface area contributed by atoms with E-state index in [1.165, 1.54) is 27.2 Å². The molecule has 0 aliphatic heterocycles. The van der Waals surface area contributed by atoms with Crippen molar-refractivity contribution in [2.24, 2.45) is 0 Å². The van der Waals surface area contributed by atoms with E-state index in [4.69, 9.17) is 0 Å². The third kappa shape index (κ3) is 2.77. The van der Waals surface area contributed by atoms with Gasteiger partial charge in [0.15, 0.2) is 5.82 Å². The Morgan fingerprint density at radius 1 is 0.618 bits per heavy atom. The highest BCUT2D eigenvalue weighted by atomic mass is 15.0.